The van der Waals surface area contributed by atoms with Crippen molar-refractivity contribution >= 4 is 17.5 Å². The standard InChI is InChI=1S/C26H20F2N4O5/c27-17-5-4-14-16(21(17)28)11-30-20(34)10-13-2-1-3-15(22(13)30)23(14)32-19-12-37-9-8-29(19)26(36)24-25(35)18(33)6-7-31(24)32/h1-7,19,23,35H,8-12H2/t19-,23+/m1/s1. The summed E-state index contributed by atoms with van der Waals surface area (Å²) in [6.07, 6.45) is 0.822. The van der Waals surface area contributed by atoms with E-state index in [1.165, 1.54) is 26.7 Å². The third-order valence-corrected chi connectivity index (χ3v) is 7.64. The Morgan fingerprint density at radius 3 is 2.70 bits per heavy atom. The van der Waals surface area contributed by atoms with Gasteiger partial charge in [0.25, 0.3) is 5.91 Å². The quantitative estimate of drug-likeness (QED) is 0.541. The molecule has 9 nitrogen and oxygen atoms in total. The molecule has 0 aliphatic carbocycles. The third-order valence-electron chi connectivity index (χ3n) is 7.64. The number of morpholine rings is 1. The van der Waals surface area contributed by atoms with Crippen LogP contribution in [0.5, 0.6) is 5.75 Å². The van der Waals surface area contributed by atoms with Crippen LogP contribution in [0, 0.1) is 11.6 Å². The molecule has 3 aromatic rings. The number of amides is 2. The normalized spacial score (nSPS) is 21.8. The van der Waals surface area contributed by atoms with Gasteiger partial charge in [-0.1, -0.05) is 24.3 Å². The molecule has 2 amide bonds. The lowest BCUT2D eigenvalue weighted by molar-refractivity contribution is -0.117. The highest BCUT2D eigenvalue weighted by atomic mass is 19.2. The topological polar surface area (TPSA) is 95.3 Å². The Balaban J connectivity index is 1.57. The second-order valence-electron chi connectivity index (χ2n) is 9.50. The lowest BCUT2D eigenvalue weighted by Gasteiger charge is -2.51. The number of aromatic hydroxyl groups is 1. The van der Waals surface area contributed by atoms with Crippen molar-refractivity contribution in [2.75, 3.05) is 29.7 Å². The lowest BCUT2D eigenvalue weighted by atomic mass is 9.91. The summed E-state index contributed by atoms with van der Waals surface area (Å²) in [5.41, 5.74) is 1.51. The lowest BCUT2D eigenvalue weighted by Crippen LogP contribution is -2.66. The summed E-state index contributed by atoms with van der Waals surface area (Å²) >= 11 is 0. The van der Waals surface area contributed by atoms with Crippen molar-refractivity contribution in [1.82, 2.24) is 9.58 Å². The fraction of sp³-hybridized carbons (Fsp3) is 0.269. The molecule has 4 aliphatic rings. The number of fused-ring (bicyclic) bond motifs is 3. The zero-order chi connectivity index (χ0) is 25.6. The van der Waals surface area contributed by atoms with Crippen LogP contribution in [0.25, 0.3) is 0 Å². The maximum absolute atomic E-state index is 15.4. The number of carbonyl (C=O) groups excluding carboxylic acids is 2. The maximum atomic E-state index is 15.4. The zero-order valence-electron chi connectivity index (χ0n) is 19.4. The van der Waals surface area contributed by atoms with E-state index in [-0.39, 0.29) is 49.9 Å². The van der Waals surface area contributed by atoms with E-state index in [0.29, 0.717) is 16.8 Å². The van der Waals surface area contributed by atoms with Crippen LogP contribution < -0.4 is 15.3 Å². The zero-order valence-corrected chi connectivity index (χ0v) is 19.4. The highest BCUT2D eigenvalue weighted by molar-refractivity contribution is 6.03. The van der Waals surface area contributed by atoms with Crippen LogP contribution in [-0.2, 0) is 22.5 Å². The summed E-state index contributed by atoms with van der Waals surface area (Å²) < 4.78 is 37.0. The van der Waals surface area contributed by atoms with E-state index in [1.807, 2.05) is 12.1 Å². The highest BCUT2D eigenvalue weighted by Crippen LogP contribution is 2.47. The van der Waals surface area contributed by atoms with E-state index in [4.69, 9.17) is 4.74 Å². The maximum Gasteiger partial charge on any atom is 0.278 e. The summed E-state index contributed by atoms with van der Waals surface area (Å²) in [4.78, 5) is 41.7. The first-order valence-electron chi connectivity index (χ1n) is 11.9. The van der Waals surface area contributed by atoms with Crippen molar-refractivity contribution in [3.63, 3.8) is 0 Å². The Hall–Kier alpha value is -4.25. The summed E-state index contributed by atoms with van der Waals surface area (Å²) in [7, 11) is 0. The molecule has 0 saturated carbocycles. The number of ether oxygens (including phenoxy) is 1. The molecule has 2 aromatic carbocycles. The summed E-state index contributed by atoms with van der Waals surface area (Å²) in [5.74, 6) is -3.54. The number of para-hydroxylation sites is 1. The predicted molar refractivity (Wildman–Crippen MR) is 126 cm³/mol. The van der Waals surface area contributed by atoms with Gasteiger partial charge in [0.1, 0.15) is 12.2 Å². The summed E-state index contributed by atoms with van der Waals surface area (Å²) in [5, 5.41) is 12.4. The summed E-state index contributed by atoms with van der Waals surface area (Å²) in [6, 6.07) is 8.30. The van der Waals surface area contributed by atoms with Crippen LogP contribution >= 0.6 is 0 Å². The second-order valence-corrected chi connectivity index (χ2v) is 9.50. The van der Waals surface area contributed by atoms with Gasteiger partial charge in [0.05, 0.1) is 31.9 Å². The molecule has 1 aromatic heterocycles. The molecule has 0 bridgehead atoms. The average molecular weight is 506 g/mol. The van der Waals surface area contributed by atoms with E-state index in [0.717, 1.165) is 17.7 Å². The summed E-state index contributed by atoms with van der Waals surface area (Å²) in [6.45, 7) is 0.416. The van der Waals surface area contributed by atoms with Crippen LogP contribution in [0.15, 0.2) is 47.4 Å². The number of rotatable bonds is 1. The van der Waals surface area contributed by atoms with Gasteiger partial charge in [0.2, 0.25) is 11.3 Å². The van der Waals surface area contributed by atoms with Crippen LogP contribution in [0.1, 0.15) is 38.8 Å². The largest absolute Gasteiger partial charge is 0.502 e. The minimum absolute atomic E-state index is 0.0226. The van der Waals surface area contributed by atoms with Crippen molar-refractivity contribution in [2.45, 2.75) is 25.2 Å². The first-order valence-corrected chi connectivity index (χ1v) is 11.9. The van der Waals surface area contributed by atoms with E-state index in [1.54, 1.807) is 11.1 Å². The molecule has 0 spiro atoms. The van der Waals surface area contributed by atoms with E-state index >= 15 is 4.39 Å². The monoisotopic (exact) mass is 506 g/mol. The van der Waals surface area contributed by atoms with Crippen molar-refractivity contribution < 1.29 is 28.2 Å². The van der Waals surface area contributed by atoms with Crippen LogP contribution in [-0.4, -0.2) is 52.4 Å². The van der Waals surface area contributed by atoms with Gasteiger partial charge in [-0.3, -0.25) is 24.1 Å². The Labute approximate surface area is 208 Å². The first kappa shape index (κ1) is 22.0. The van der Waals surface area contributed by atoms with Gasteiger partial charge in [0, 0.05) is 29.9 Å². The highest BCUT2D eigenvalue weighted by Gasteiger charge is 2.48. The number of aromatic nitrogens is 1. The van der Waals surface area contributed by atoms with Gasteiger partial charge in [-0.2, -0.15) is 0 Å². The number of halogens is 2. The molecule has 4 aliphatic heterocycles. The minimum atomic E-state index is -1.05. The molecule has 188 valence electrons. The molecule has 2 atom stereocenters. The fourth-order valence-electron chi connectivity index (χ4n) is 6.02. The second kappa shape index (κ2) is 7.62. The van der Waals surface area contributed by atoms with Crippen molar-refractivity contribution in [3.8, 4) is 5.75 Å². The first-order chi connectivity index (χ1) is 17.9. The molecule has 7 rings (SSSR count). The molecule has 5 heterocycles. The Kier molecular flexibility index (Phi) is 4.53. The van der Waals surface area contributed by atoms with Crippen molar-refractivity contribution in [3.05, 3.63) is 92.4 Å². The van der Waals surface area contributed by atoms with Gasteiger partial charge in [0.15, 0.2) is 23.1 Å². The van der Waals surface area contributed by atoms with E-state index in [2.05, 4.69) is 0 Å². The van der Waals surface area contributed by atoms with E-state index in [9.17, 15) is 23.9 Å². The molecule has 11 heteroatoms. The average Bonchev–Trinajstić information content (AvgIpc) is 3.13. The van der Waals surface area contributed by atoms with Gasteiger partial charge < -0.3 is 19.6 Å². The molecule has 0 unspecified atom stereocenters. The Bertz CT molecular complexity index is 1590. The Morgan fingerprint density at radius 1 is 1.03 bits per heavy atom. The van der Waals surface area contributed by atoms with E-state index < -0.39 is 40.9 Å². The third kappa shape index (κ3) is 2.88. The molecule has 0 radical (unpaired) electrons. The predicted octanol–water partition coefficient (Wildman–Crippen LogP) is 1.77. The molecule has 37 heavy (non-hydrogen) atoms. The number of anilines is 1. The van der Waals surface area contributed by atoms with Crippen LogP contribution in [0.3, 0.4) is 0 Å². The number of carbonyl (C=O) groups is 2. The van der Waals surface area contributed by atoms with Gasteiger partial charge in [-0.15, -0.1) is 0 Å². The van der Waals surface area contributed by atoms with Gasteiger partial charge in [-0.25, -0.2) is 8.78 Å². The minimum Gasteiger partial charge on any atom is -0.502 e. The number of hydrogen-bond donors (Lipinski definition) is 1. The molecule has 1 N–H and O–H groups in total. The van der Waals surface area contributed by atoms with Gasteiger partial charge in [-0.05, 0) is 17.2 Å². The molecular formula is C26H20F2N4O5. The smallest absolute Gasteiger partial charge is 0.278 e. The van der Waals surface area contributed by atoms with Crippen LogP contribution in [0.4, 0.5) is 14.5 Å². The Morgan fingerprint density at radius 2 is 1.86 bits per heavy atom. The van der Waals surface area contributed by atoms with Crippen molar-refractivity contribution in [1.29, 1.82) is 0 Å². The fourth-order valence-corrected chi connectivity index (χ4v) is 6.02. The SMILES string of the molecule is O=C1Cc2cccc3c2N1Cc1c(ccc(F)c1F)[C@@H]3N1[C@@H]2COCCN2C(=O)c2c(O)c(=O)ccn21. The van der Waals surface area contributed by atoms with Crippen LogP contribution in [0.2, 0.25) is 0 Å². The molecule has 1 fully saturated rings. The number of nitrogens with zero attached hydrogens (tertiary/aromatic N) is 4. The molecular weight excluding hydrogens is 486 g/mol. The number of hydrogen-bond acceptors (Lipinski definition) is 6. The number of benzene rings is 2. The van der Waals surface area contributed by atoms with Gasteiger partial charge >= 0.3 is 0 Å². The van der Waals surface area contributed by atoms with Crippen molar-refractivity contribution in [2.24, 2.45) is 0 Å². The number of pyridine rings is 1. The molecule has 1 saturated heterocycles.